The molecule has 0 fully saturated rings. The molecule has 0 saturated carbocycles. The Balaban J connectivity index is 2.65. The van der Waals surface area contributed by atoms with Crippen molar-refractivity contribution in [2.75, 3.05) is 5.73 Å². The van der Waals surface area contributed by atoms with Gasteiger partial charge in [0.2, 0.25) is 0 Å². The van der Waals surface area contributed by atoms with Crippen LogP contribution in [-0.2, 0) is 0 Å². The van der Waals surface area contributed by atoms with Gasteiger partial charge in [0.25, 0.3) is 0 Å². The molecule has 0 aliphatic carbocycles. The second-order valence-corrected chi connectivity index (χ2v) is 3.00. The Morgan fingerprint density at radius 1 is 1.20 bits per heavy atom. The van der Waals surface area contributed by atoms with E-state index < -0.39 is 0 Å². The average molecular weight is 202 g/mol. The van der Waals surface area contributed by atoms with Gasteiger partial charge < -0.3 is 17.2 Å². The van der Waals surface area contributed by atoms with Gasteiger partial charge in [0.1, 0.15) is 12.1 Å². The predicted octanol–water partition coefficient (Wildman–Crippen LogP) is 0.117. The summed E-state index contributed by atoms with van der Waals surface area (Å²) in [6.07, 6.45) is 1.41. The van der Waals surface area contributed by atoms with Crippen molar-refractivity contribution >= 4 is 28.4 Å². The Morgan fingerprint density at radius 2 is 2.00 bits per heavy atom. The lowest BCUT2D eigenvalue weighted by molar-refractivity contribution is 1.23. The molecule has 6 nitrogen and oxygen atoms in total. The Kier molecular flexibility index (Phi) is 2.09. The van der Waals surface area contributed by atoms with Crippen molar-refractivity contribution in [1.29, 1.82) is 0 Å². The average Bonchev–Trinajstić information content (AvgIpc) is 2.18. The normalized spacial score (nSPS) is 10.1. The van der Waals surface area contributed by atoms with E-state index in [9.17, 15) is 0 Å². The van der Waals surface area contributed by atoms with Gasteiger partial charge in [-0.3, -0.25) is 0 Å². The molecule has 0 atom stereocenters. The molecule has 0 radical (unpaired) electrons. The molecule has 0 amide bonds. The molecule has 6 N–H and O–H groups in total. The third-order valence-corrected chi connectivity index (χ3v) is 1.91. The molecule has 76 valence electrons. The number of aromatic nitrogens is 2. The largest absolute Gasteiger partial charge is 0.383 e. The predicted molar refractivity (Wildman–Crippen MR) is 59.4 cm³/mol. The van der Waals surface area contributed by atoms with Crippen molar-refractivity contribution in [2.24, 2.45) is 16.5 Å². The van der Waals surface area contributed by atoms with Gasteiger partial charge in [-0.2, -0.15) is 0 Å². The third kappa shape index (κ3) is 1.78. The van der Waals surface area contributed by atoms with Gasteiger partial charge >= 0.3 is 0 Å². The summed E-state index contributed by atoms with van der Waals surface area (Å²) in [4.78, 5) is 11.9. The van der Waals surface area contributed by atoms with Gasteiger partial charge in [-0.15, -0.1) is 0 Å². The van der Waals surface area contributed by atoms with E-state index in [0.29, 0.717) is 11.5 Å². The van der Waals surface area contributed by atoms with Crippen LogP contribution >= 0.6 is 0 Å². The molecular weight excluding hydrogens is 192 g/mol. The summed E-state index contributed by atoms with van der Waals surface area (Å²) in [5, 5.41) is 0.736. The molecule has 2 aromatic rings. The number of hydrogen-bond donors (Lipinski definition) is 3. The number of aliphatic imine (C=N–C) groups is 1. The van der Waals surface area contributed by atoms with E-state index in [2.05, 4.69) is 15.0 Å². The number of fused-ring (bicyclic) bond motifs is 1. The summed E-state index contributed by atoms with van der Waals surface area (Å²) in [6, 6.07) is 5.29. The Labute approximate surface area is 85.8 Å². The van der Waals surface area contributed by atoms with Crippen molar-refractivity contribution in [1.82, 2.24) is 9.97 Å². The zero-order valence-electron chi connectivity index (χ0n) is 7.88. The SMILES string of the molecule is NC(N)=Nc1ccc2ncnc(N)c2c1. The van der Waals surface area contributed by atoms with Crippen LogP contribution in [0.3, 0.4) is 0 Å². The van der Waals surface area contributed by atoms with Gasteiger partial charge in [-0.25, -0.2) is 15.0 Å². The van der Waals surface area contributed by atoms with Crippen LogP contribution in [0.5, 0.6) is 0 Å². The number of nitrogens with zero attached hydrogens (tertiary/aromatic N) is 3. The Morgan fingerprint density at radius 3 is 2.73 bits per heavy atom. The summed E-state index contributed by atoms with van der Waals surface area (Å²) in [7, 11) is 0. The number of nitrogen functional groups attached to an aromatic ring is 1. The number of nitrogens with two attached hydrogens (primary N) is 3. The summed E-state index contributed by atoms with van der Waals surface area (Å²) in [5.74, 6) is 0.414. The van der Waals surface area contributed by atoms with Crippen molar-refractivity contribution in [3.63, 3.8) is 0 Å². The van der Waals surface area contributed by atoms with E-state index >= 15 is 0 Å². The highest BCUT2D eigenvalue weighted by molar-refractivity contribution is 5.91. The minimum atomic E-state index is 0.00442. The van der Waals surface area contributed by atoms with E-state index in [1.54, 1.807) is 18.2 Å². The van der Waals surface area contributed by atoms with Crippen LogP contribution < -0.4 is 17.2 Å². The van der Waals surface area contributed by atoms with Crippen LogP contribution in [0.15, 0.2) is 29.5 Å². The first-order valence-electron chi connectivity index (χ1n) is 4.26. The standard InChI is InChI=1S/C9H10N6/c10-8-6-3-5(15-9(11)12)1-2-7(6)13-4-14-8/h1-4H,(H2,10,13,14)(H4,11,12,15). The van der Waals surface area contributed by atoms with Gasteiger partial charge in [-0.05, 0) is 18.2 Å². The molecule has 0 unspecified atom stereocenters. The third-order valence-electron chi connectivity index (χ3n) is 1.91. The molecule has 1 heterocycles. The molecule has 0 spiro atoms. The smallest absolute Gasteiger partial charge is 0.191 e. The fourth-order valence-electron chi connectivity index (χ4n) is 1.28. The number of rotatable bonds is 1. The highest BCUT2D eigenvalue weighted by atomic mass is 15.0. The summed E-state index contributed by atoms with van der Waals surface area (Å²) in [6.45, 7) is 0. The van der Waals surface area contributed by atoms with Crippen LogP contribution in [0.25, 0.3) is 10.9 Å². The van der Waals surface area contributed by atoms with Gasteiger partial charge in [0.05, 0.1) is 11.2 Å². The molecule has 1 aromatic heterocycles. The minimum Gasteiger partial charge on any atom is -0.383 e. The van der Waals surface area contributed by atoms with Gasteiger partial charge in [0.15, 0.2) is 5.96 Å². The molecule has 0 saturated heterocycles. The monoisotopic (exact) mass is 202 g/mol. The summed E-state index contributed by atoms with van der Waals surface area (Å²) in [5.41, 5.74) is 17.6. The van der Waals surface area contributed by atoms with Gasteiger partial charge in [-0.1, -0.05) is 0 Å². The maximum absolute atomic E-state index is 5.69. The van der Waals surface area contributed by atoms with E-state index in [1.165, 1.54) is 6.33 Å². The topological polar surface area (TPSA) is 116 Å². The second kappa shape index (κ2) is 3.41. The van der Waals surface area contributed by atoms with Crippen LogP contribution in [0, 0.1) is 0 Å². The zero-order valence-corrected chi connectivity index (χ0v) is 7.88. The van der Waals surface area contributed by atoms with E-state index in [-0.39, 0.29) is 5.96 Å². The molecular formula is C9H10N6. The van der Waals surface area contributed by atoms with E-state index in [0.717, 1.165) is 10.9 Å². The lowest BCUT2D eigenvalue weighted by atomic mass is 10.2. The Hall–Kier alpha value is -2.37. The molecule has 2 rings (SSSR count). The lowest BCUT2D eigenvalue weighted by Crippen LogP contribution is -2.21. The van der Waals surface area contributed by atoms with Crippen LogP contribution in [-0.4, -0.2) is 15.9 Å². The first-order chi connectivity index (χ1) is 7.16. The highest BCUT2D eigenvalue weighted by Gasteiger charge is 2.00. The zero-order chi connectivity index (χ0) is 10.8. The molecule has 1 aromatic carbocycles. The fraction of sp³-hybridized carbons (Fsp3) is 0. The van der Waals surface area contributed by atoms with Crippen molar-refractivity contribution in [3.8, 4) is 0 Å². The number of benzene rings is 1. The number of guanidine groups is 1. The van der Waals surface area contributed by atoms with Crippen molar-refractivity contribution in [3.05, 3.63) is 24.5 Å². The molecule has 0 aliphatic heterocycles. The molecule has 15 heavy (non-hydrogen) atoms. The van der Waals surface area contributed by atoms with Crippen LogP contribution in [0.2, 0.25) is 0 Å². The quantitative estimate of drug-likeness (QED) is 0.448. The lowest BCUT2D eigenvalue weighted by Gasteiger charge is -2.01. The maximum Gasteiger partial charge on any atom is 0.191 e. The van der Waals surface area contributed by atoms with E-state index in [1.807, 2.05) is 0 Å². The minimum absolute atomic E-state index is 0.00442. The first-order valence-corrected chi connectivity index (χ1v) is 4.26. The number of anilines is 1. The maximum atomic E-state index is 5.69. The molecule has 0 aliphatic rings. The summed E-state index contributed by atoms with van der Waals surface area (Å²) < 4.78 is 0. The molecule has 6 heteroatoms. The van der Waals surface area contributed by atoms with Crippen LogP contribution in [0.1, 0.15) is 0 Å². The summed E-state index contributed by atoms with van der Waals surface area (Å²) >= 11 is 0. The first kappa shape index (κ1) is 9.20. The van der Waals surface area contributed by atoms with E-state index in [4.69, 9.17) is 17.2 Å². The van der Waals surface area contributed by atoms with Crippen molar-refractivity contribution < 1.29 is 0 Å². The number of hydrogen-bond acceptors (Lipinski definition) is 4. The van der Waals surface area contributed by atoms with Crippen molar-refractivity contribution in [2.45, 2.75) is 0 Å². The molecule has 0 bridgehead atoms. The highest BCUT2D eigenvalue weighted by Crippen LogP contribution is 2.22. The van der Waals surface area contributed by atoms with Crippen LogP contribution in [0.4, 0.5) is 11.5 Å². The van der Waals surface area contributed by atoms with Gasteiger partial charge in [0, 0.05) is 5.39 Å². The second-order valence-electron chi connectivity index (χ2n) is 3.00. The Bertz CT molecular complexity index is 529. The fourth-order valence-corrected chi connectivity index (χ4v) is 1.28.